The van der Waals surface area contributed by atoms with E-state index in [1.807, 2.05) is 6.92 Å². The Morgan fingerprint density at radius 3 is 2.79 bits per heavy atom. The molecule has 0 amide bonds. The lowest BCUT2D eigenvalue weighted by atomic mass is 10.1. The molecule has 0 fully saturated rings. The van der Waals surface area contributed by atoms with Gasteiger partial charge in [0, 0.05) is 18.8 Å². The summed E-state index contributed by atoms with van der Waals surface area (Å²) < 4.78 is 13.7. The van der Waals surface area contributed by atoms with Gasteiger partial charge >= 0.3 is 5.97 Å². The Balaban J connectivity index is 2.40. The van der Waals surface area contributed by atoms with Crippen molar-refractivity contribution in [3.05, 3.63) is 64.8 Å². The average Bonchev–Trinajstić information content (AvgIpc) is 2.56. The number of carbonyl (C=O) groups is 1. The van der Waals surface area contributed by atoms with Crippen LogP contribution in [0.2, 0.25) is 0 Å². The quantitative estimate of drug-likeness (QED) is 0.862. The van der Waals surface area contributed by atoms with E-state index in [0.29, 0.717) is 17.0 Å². The number of aliphatic carboxylic acids is 1. The lowest BCUT2D eigenvalue weighted by Gasteiger charge is -2.22. The molecule has 0 unspecified atom stereocenters. The van der Waals surface area contributed by atoms with E-state index in [1.165, 1.54) is 18.3 Å². The van der Waals surface area contributed by atoms with Crippen LogP contribution in [0.25, 0.3) is 5.70 Å². The van der Waals surface area contributed by atoms with Gasteiger partial charge in [-0.15, -0.1) is 0 Å². The van der Waals surface area contributed by atoms with Crippen LogP contribution in [0.4, 0.5) is 4.39 Å². The fourth-order valence-electron chi connectivity index (χ4n) is 2.18. The second-order valence-corrected chi connectivity index (χ2v) is 5.10. The highest BCUT2D eigenvalue weighted by atomic mass is 19.1. The number of hydrogen-bond donors (Lipinski definition) is 1. The molecule has 0 spiro atoms. The molecule has 122 valence electrons. The highest BCUT2D eigenvalue weighted by Crippen LogP contribution is 2.24. The molecule has 0 atom stereocenters. The normalized spacial score (nSPS) is 16.1. The molecule has 1 aromatic carbocycles. The molecule has 0 radical (unpaired) electrons. The predicted molar refractivity (Wildman–Crippen MR) is 89.4 cm³/mol. The first-order valence-electron chi connectivity index (χ1n) is 7.30. The second-order valence-electron chi connectivity index (χ2n) is 5.10. The van der Waals surface area contributed by atoms with Gasteiger partial charge in [-0.2, -0.15) is 5.26 Å². The smallest absolute Gasteiger partial charge is 0.337 e. The Morgan fingerprint density at radius 2 is 2.25 bits per heavy atom. The zero-order valence-corrected chi connectivity index (χ0v) is 13.3. The van der Waals surface area contributed by atoms with Crippen molar-refractivity contribution in [3.8, 4) is 6.07 Å². The lowest BCUT2D eigenvalue weighted by Crippen LogP contribution is -2.20. The van der Waals surface area contributed by atoms with Crippen molar-refractivity contribution in [3.63, 3.8) is 0 Å². The molecule has 1 aliphatic heterocycles. The minimum atomic E-state index is -1.05. The van der Waals surface area contributed by atoms with E-state index in [0.717, 1.165) is 6.42 Å². The zero-order chi connectivity index (χ0) is 17.7. The van der Waals surface area contributed by atoms with E-state index >= 15 is 0 Å². The number of carboxylic acid groups (broad SMARTS) is 1. The van der Waals surface area contributed by atoms with Gasteiger partial charge in [-0.05, 0) is 24.6 Å². The molecule has 1 aromatic rings. The first-order valence-corrected chi connectivity index (χ1v) is 7.30. The van der Waals surface area contributed by atoms with Crippen LogP contribution in [0.15, 0.2) is 52.8 Å². The Morgan fingerprint density at radius 1 is 1.50 bits per heavy atom. The molecular formula is C18H16FN3O2. The number of aliphatic imine (C=N–C) groups is 1. The van der Waals surface area contributed by atoms with Crippen molar-refractivity contribution in [2.75, 3.05) is 7.05 Å². The highest BCUT2D eigenvalue weighted by molar-refractivity contribution is 5.99. The number of carboxylic acids is 1. The monoisotopic (exact) mass is 325 g/mol. The highest BCUT2D eigenvalue weighted by Gasteiger charge is 2.17. The third-order valence-corrected chi connectivity index (χ3v) is 3.43. The molecule has 5 nitrogen and oxygen atoms in total. The SMILES string of the molecule is CC/C=C\C(C(=O)O)=C1\C=NC(c2ccc(C#N)c(F)c2)=CN1C. The predicted octanol–water partition coefficient (Wildman–Crippen LogP) is 3.32. The summed E-state index contributed by atoms with van der Waals surface area (Å²) in [5, 5.41) is 18.1. The minimum absolute atomic E-state index is 0.0362. The topological polar surface area (TPSA) is 76.7 Å². The van der Waals surface area contributed by atoms with Gasteiger partial charge in [-0.1, -0.05) is 19.1 Å². The van der Waals surface area contributed by atoms with E-state index in [4.69, 9.17) is 5.26 Å². The number of nitrogens with zero attached hydrogens (tertiary/aromatic N) is 3. The van der Waals surface area contributed by atoms with Crippen LogP contribution < -0.4 is 0 Å². The van der Waals surface area contributed by atoms with E-state index in [9.17, 15) is 14.3 Å². The van der Waals surface area contributed by atoms with Crippen molar-refractivity contribution in [2.45, 2.75) is 13.3 Å². The number of benzene rings is 1. The third-order valence-electron chi connectivity index (χ3n) is 3.43. The molecule has 0 saturated carbocycles. The number of hydrogen-bond acceptors (Lipinski definition) is 4. The third kappa shape index (κ3) is 3.58. The maximum atomic E-state index is 13.7. The van der Waals surface area contributed by atoms with Crippen molar-refractivity contribution in [1.29, 1.82) is 5.26 Å². The summed E-state index contributed by atoms with van der Waals surface area (Å²) in [4.78, 5) is 17.3. The Bertz CT molecular complexity index is 829. The van der Waals surface area contributed by atoms with Crippen LogP contribution >= 0.6 is 0 Å². The van der Waals surface area contributed by atoms with Crippen molar-refractivity contribution >= 4 is 17.9 Å². The molecule has 0 bridgehead atoms. The fraction of sp³-hybridized carbons (Fsp3) is 0.167. The van der Waals surface area contributed by atoms with Gasteiger partial charge in [-0.25, -0.2) is 9.18 Å². The van der Waals surface area contributed by atoms with E-state index in [-0.39, 0.29) is 11.1 Å². The zero-order valence-electron chi connectivity index (χ0n) is 13.3. The van der Waals surface area contributed by atoms with Crippen LogP contribution in [0.5, 0.6) is 0 Å². The molecule has 0 aliphatic carbocycles. The number of halogens is 1. The molecule has 24 heavy (non-hydrogen) atoms. The van der Waals surface area contributed by atoms with E-state index in [2.05, 4.69) is 4.99 Å². The number of rotatable bonds is 4. The van der Waals surface area contributed by atoms with Crippen LogP contribution in [0.3, 0.4) is 0 Å². The molecule has 1 heterocycles. The Kier molecular flexibility index (Phi) is 5.27. The molecule has 1 N–H and O–H groups in total. The van der Waals surface area contributed by atoms with Crippen molar-refractivity contribution in [2.24, 2.45) is 4.99 Å². The van der Waals surface area contributed by atoms with Gasteiger partial charge in [0.2, 0.25) is 0 Å². The van der Waals surface area contributed by atoms with Crippen LogP contribution in [-0.4, -0.2) is 29.2 Å². The minimum Gasteiger partial charge on any atom is -0.478 e. The summed E-state index contributed by atoms with van der Waals surface area (Å²) in [6.45, 7) is 1.91. The average molecular weight is 325 g/mol. The van der Waals surface area contributed by atoms with Gasteiger partial charge in [0.15, 0.2) is 0 Å². The summed E-state index contributed by atoms with van der Waals surface area (Å²) in [5.74, 6) is -1.67. The molecule has 6 heteroatoms. The summed E-state index contributed by atoms with van der Waals surface area (Å²) in [6.07, 6.45) is 7.08. The first kappa shape index (κ1) is 17.2. The lowest BCUT2D eigenvalue weighted by molar-refractivity contribution is -0.132. The standard InChI is InChI=1S/C18H16FN3O2/c1-3-4-5-14(18(23)24)17-10-21-16(11-22(17)2)12-6-7-13(9-20)15(19)8-12/h4-8,10-11H,3H2,1-2H3,(H,23,24)/b5-4-,17-14+. The summed E-state index contributed by atoms with van der Waals surface area (Å²) >= 11 is 0. The van der Waals surface area contributed by atoms with Crippen molar-refractivity contribution < 1.29 is 14.3 Å². The van der Waals surface area contributed by atoms with Crippen LogP contribution in [-0.2, 0) is 4.79 Å². The molecule has 0 aromatic heterocycles. The van der Waals surface area contributed by atoms with E-state index < -0.39 is 11.8 Å². The van der Waals surface area contributed by atoms with E-state index in [1.54, 1.807) is 42.4 Å². The van der Waals surface area contributed by atoms with Gasteiger partial charge in [0.05, 0.1) is 28.7 Å². The molecule has 0 saturated heterocycles. The summed E-state index contributed by atoms with van der Waals surface area (Å²) in [6, 6.07) is 5.99. The van der Waals surface area contributed by atoms with Crippen LogP contribution in [0, 0.1) is 17.1 Å². The van der Waals surface area contributed by atoms with Gasteiger partial charge in [-0.3, -0.25) is 4.99 Å². The number of nitriles is 1. The summed E-state index contributed by atoms with van der Waals surface area (Å²) in [7, 11) is 1.70. The molecule has 2 rings (SSSR count). The Hall–Kier alpha value is -3.20. The van der Waals surface area contributed by atoms with Gasteiger partial charge in [0.1, 0.15) is 11.9 Å². The maximum Gasteiger partial charge on any atom is 0.337 e. The maximum absolute atomic E-state index is 13.7. The second kappa shape index (κ2) is 7.38. The van der Waals surface area contributed by atoms with Crippen molar-refractivity contribution in [1.82, 2.24) is 4.90 Å². The fourth-order valence-corrected chi connectivity index (χ4v) is 2.18. The first-order chi connectivity index (χ1) is 11.5. The summed E-state index contributed by atoms with van der Waals surface area (Å²) in [5.41, 5.74) is 1.52. The Labute approximate surface area is 139 Å². The van der Waals surface area contributed by atoms with Gasteiger partial charge < -0.3 is 10.0 Å². The molecule has 1 aliphatic rings. The molecular weight excluding hydrogens is 309 g/mol. The number of allylic oxidation sites excluding steroid dienone is 2. The van der Waals surface area contributed by atoms with Gasteiger partial charge in [0.25, 0.3) is 0 Å². The largest absolute Gasteiger partial charge is 0.478 e. The van der Waals surface area contributed by atoms with Crippen LogP contribution in [0.1, 0.15) is 24.5 Å².